The molecular weight excluding hydrogens is 324 g/mol. The van der Waals surface area contributed by atoms with Crippen LogP contribution in [0.5, 0.6) is 0 Å². The largest absolute Gasteiger partial charge is 0.355 e. The number of piperidine rings is 1. The summed E-state index contributed by atoms with van der Waals surface area (Å²) in [5.41, 5.74) is 0.391. The first-order valence-electron chi connectivity index (χ1n) is 10.1. The van der Waals surface area contributed by atoms with E-state index in [0.717, 1.165) is 51.3 Å². The van der Waals surface area contributed by atoms with Crippen LogP contribution < -0.4 is 4.90 Å². The summed E-state index contributed by atoms with van der Waals surface area (Å²) in [5.74, 6) is 1.90. The van der Waals surface area contributed by atoms with Crippen LogP contribution in [0.25, 0.3) is 0 Å². The maximum absolute atomic E-state index is 13.3. The van der Waals surface area contributed by atoms with E-state index in [1.54, 1.807) is 12.3 Å². The fourth-order valence-corrected chi connectivity index (χ4v) is 5.12. The van der Waals surface area contributed by atoms with Crippen LogP contribution in [0.4, 0.5) is 5.82 Å². The lowest BCUT2D eigenvalue weighted by atomic mass is 9.77. The molecule has 5 heteroatoms. The normalized spacial score (nSPS) is 27.1. The molecule has 0 N–H and O–H groups in total. The molecule has 1 aromatic heterocycles. The molecule has 0 aromatic carbocycles. The van der Waals surface area contributed by atoms with Gasteiger partial charge in [-0.15, -0.1) is 0 Å². The number of carbonyl (C=O) groups is 1. The molecule has 3 heterocycles. The van der Waals surface area contributed by atoms with Crippen LogP contribution in [-0.2, 0) is 4.79 Å². The highest BCUT2D eigenvalue weighted by atomic mass is 16.2. The van der Waals surface area contributed by atoms with Gasteiger partial charge in [0.05, 0.1) is 17.0 Å². The molecule has 0 bridgehead atoms. The zero-order chi connectivity index (χ0) is 18.0. The highest BCUT2D eigenvalue weighted by molar-refractivity contribution is 5.85. The van der Waals surface area contributed by atoms with Gasteiger partial charge in [-0.2, -0.15) is 5.26 Å². The molecule has 1 amide bonds. The van der Waals surface area contributed by atoms with Crippen molar-refractivity contribution in [1.82, 2.24) is 9.88 Å². The molecule has 2 aliphatic heterocycles. The van der Waals surface area contributed by atoms with Gasteiger partial charge in [-0.05, 0) is 50.2 Å². The van der Waals surface area contributed by atoms with Crippen molar-refractivity contribution < 1.29 is 4.79 Å². The number of rotatable bonds is 3. The predicted molar refractivity (Wildman–Crippen MR) is 101 cm³/mol. The second kappa shape index (κ2) is 7.26. The summed E-state index contributed by atoms with van der Waals surface area (Å²) in [6.07, 6.45) is 11.3. The van der Waals surface area contributed by atoms with E-state index in [-0.39, 0.29) is 5.41 Å². The molecule has 2 saturated heterocycles. The van der Waals surface area contributed by atoms with E-state index in [1.807, 2.05) is 6.07 Å². The van der Waals surface area contributed by atoms with E-state index < -0.39 is 0 Å². The summed E-state index contributed by atoms with van der Waals surface area (Å²) in [6, 6.07) is 5.75. The lowest BCUT2D eigenvalue weighted by molar-refractivity contribution is -0.145. The third kappa shape index (κ3) is 3.30. The molecule has 0 radical (unpaired) electrons. The van der Waals surface area contributed by atoms with Gasteiger partial charge in [-0.1, -0.05) is 19.3 Å². The molecule has 26 heavy (non-hydrogen) atoms. The van der Waals surface area contributed by atoms with E-state index in [9.17, 15) is 4.79 Å². The van der Waals surface area contributed by atoms with E-state index in [4.69, 9.17) is 5.26 Å². The quantitative estimate of drug-likeness (QED) is 0.837. The summed E-state index contributed by atoms with van der Waals surface area (Å²) in [5, 5.41) is 9.12. The van der Waals surface area contributed by atoms with Crippen LogP contribution in [0.3, 0.4) is 0 Å². The summed E-state index contributed by atoms with van der Waals surface area (Å²) in [4.78, 5) is 22.2. The summed E-state index contributed by atoms with van der Waals surface area (Å²) in [7, 11) is 0. The third-order valence-corrected chi connectivity index (χ3v) is 6.58. The van der Waals surface area contributed by atoms with Gasteiger partial charge >= 0.3 is 0 Å². The molecule has 0 unspecified atom stereocenters. The number of nitrogens with zero attached hydrogens (tertiary/aromatic N) is 4. The molecule has 1 saturated carbocycles. The van der Waals surface area contributed by atoms with E-state index in [1.165, 1.54) is 32.1 Å². The molecule has 138 valence electrons. The van der Waals surface area contributed by atoms with Gasteiger partial charge in [0.1, 0.15) is 5.82 Å². The SMILES string of the molecule is N#Cc1ccnc(N2CC[C@]3(CCCN(CC4CCCCC4)C3=O)C2)c1. The summed E-state index contributed by atoms with van der Waals surface area (Å²) >= 11 is 0. The second-order valence-electron chi connectivity index (χ2n) is 8.33. The Morgan fingerprint density at radius 1 is 1.19 bits per heavy atom. The minimum Gasteiger partial charge on any atom is -0.355 e. The molecule has 1 spiro atoms. The van der Waals surface area contributed by atoms with Crippen LogP contribution >= 0.6 is 0 Å². The Hall–Kier alpha value is -2.09. The first-order valence-corrected chi connectivity index (χ1v) is 10.1. The molecule has 5 nitrogen and oxygen atoms in total. The van der Waals surface area contributed by atoms with Crippen LogP contribution in [0, 0.1) is 22.7 Å². The summed E-state index contributed by atoms with van der Waals surface area (Å²) in [6.45, 7) is 3.49. The first kappa shape index (κ1) is 17.3. The lowest BCUT2D eigenvalue weighted by Gasteiger charge is -2.41. The Bertz CT molecular complexity index is 706. The minimum absolute atomic E-state index is 0.239. The average molecular weight is 352 g/mol. The predicted octanol–water partition coefficient (Wildman–Crippen LogP) is 3.35. The molecule has 1 atom stereocenters. The van der Waals surface area contributed by atoms with Crippen LogP contribution in [0.2, 0.25) is 0 Å². The Morgan fingerprint density at radius 2 is 2.04 bits per heavy atom. The van der Waals surface area contributed by atoms with Gasteiger partial charge in [-0.3, -0.25) is 4.79 Å². The fourth-order valence-electron chi connectivity index (χ4n) is 5.12. The molecule has 4 rings (SSSR count). The van der Waals surface area contributed by atoms with Gasteiger partial charge in [0.2, 0.25) is 5.91 Å². The molecule has 3 fully saturated rings. The number of likely N-dealkylation sites (tertiary alicyclic amines) is 1. The molecule has 3 aliphatic rings. The van der Waals surface area contributed by atoms with Crippen LogP contribution in [0.15, 0.2) is 18.3 Å². The van der Waals surface area contributed by atoms with Crippen molar-refractivity contribution in [3.05, 3.63) is 23.9 Å². The van der Waals surface area contributed by atoms with Crippen molar-refractivity contribution in [2.24, 2.45) is 11.3 Å². The van der Waals surface area contributed by atoms with E-state index >= 15 is 0 Å². The highest BCUT2D eigenvalue weighted by Crippen LogP contribution is 2.42. The molecular formula is C21H28N4O. The number of hydrogen-bond donors (Lipinski definition) is 0. The molecule has 1 aromatic rings. The first-order chi connectivity index (χ1) is 12.7. The van der Waals surface area contributed by atoms with Gasteiger partial charge in [0.25, 0.3) is 0 Å². The Balaban J connectivity index is 1.46. The van der Waals surface area contributed by atoms with Crippen LogP contribution in [-0.4, -0.2) is 42.0 Å². The number of nitriles is 1. The summed E-state index contributed by atoms with van der Waals surface area (Å²) < 4.78 is 0. The zero-order valence-electron chi connectivity index (χ0n) is 15.5. The van der Waals surface area contributed by atoms with Gasteiger partial charge in [0.15, 0.2) is 0 Å². The van der Waals surface area contributed by atoms with Crippen molar-refractivity contribution in [2.75, 3.05) is 31.1 Å². The molecule has 1 aliphatic carbocycles. The van der Waals surface area contributed by atoms with Crippen LogP contribution in [0.1, 0.15) is 56.9 Å². The number of hydrogen-bond acceptors (Lipinski definition) is 4. The van der Waals surface area contributed by atoms with Crippen molar-refractivity contribution in [1.29, 1.82) is 5.26 Å². The number of amides is 1. The minimum atomic E-state index is -0.239. The average Bonchev–Trinajstić information content (AvgIpc) is 3.12. The van der Waals surface area contributed by atoms with Crippen molar-refractivity contribution >= 4 is 11.7 Å². The van der Waals surface area contributed by atoms with E-state index in [0.29, 0.717) is 17.4 Å². The number of pyridine rings is 1. The lowest BCUT2D eigenvalue weighted by Crippen LogP contribution is -2.51. The fraction of sp³-hybridized carbons (Fsp3) is 0.667. The Kier molecular flexibility index (Phi) is 4.84. The maximum Gasteiger partial charge on any atom is 0.230 e. The number of anilines is 1. The number of aromatic nitrogens is 1. The van der Waals surface area contributed by atoms with Gasteiger partial charge < -0.3 is 9.80 Å². The number of carbonyl (C=O) groups excluding carboxylic acids is 1. The Labute approximate surface area is 156 Å². The standard InChI is InChI=1S/C21H28N4O/c22-14-18-7-10-23-19(13-18)25-12-9-21(16-25)8-4-11-24(20(21)26)15-17-5-2-1-3-6-17/h7,10,13,17H,1-6,8-9,11-12,15-16H2/t21-/m1/s1. The zero-order valence-corrected chi connectivity index (χ0v) is 15.5. The van der Waals surface area contributed by atoms with Crippen molar-refractivity contribution in [2.45, 2.75) is 51.4 Å². The van der Waals surface area contributed by atoms with Crippen molar-refractivity contribution in [3.8, 4) is 6.07 Å². The Morgan fingerprint density at radius 3 is 2.85 bits per heavy atom. The van der Waals surface area contributed by atoms with Gasteiger partial charge in [-0.25, -0.2) is 4.98 Å². The highest BCUT2D eigenvalue weighted by Gasteiger charge is 2.48. The smallest absolute Gasteiger partial charge is 0.230 e. The van der Waals surface area contributed by atoms with E-state index in [2.05, 4.69) is 20.9 Å². The second-order valence-corrected chi connectivity index (χ2v) is 8.33. The topological polar surface area (TPSA) is 60.2 Å². The monoisotopic (exact) mass is 352 g/mol. The third-order valence-electron chi connectivity index (χ3n) is 6.58. The maximum atomic E-state index is 13.3. The van der Waals surface area contributed by atoms with Crippen molar-refractivity contribution in [3.63, 3.8) is 0 Å². The van der Waals surface area contributed by atoms with Gasteiger partial charge in [0, 0.05) is 32.4 Å².